The average molecular weight is 124 g/mol. The Labute approximate surface area is 44.5 Å². The second-order valence-corrected chi connectivity index (χ2v) is 0.843. The zero-order valence-electron chi connectivity index (χ0n) is 3.86. The van der Waals surface area contributed by atoms with E-state index in [1.165, 1.54) is 0 Å². The van der Waals surface area contributed by atoms with Gasteiger partial charge >= 0.3 is 0 Å². The van der Waals surface area contributed by atoms with Crippen LogP contribution in [-0.4, -0.2) is 13.6 Å². The van der Waals surface area contributed by atoms with Gasteiger partial charge in [-0.25, -0.2) is 0 Å². The van der Waals surface area contributed by atoms with E-state index in [-0.39, 0.29) is 13.6 Å². The van der Waals surface area contributed by atoms with Crippen molar-refractivity contribution in [3.63, 3.8) is 0 Å². The third-order valence-corrected chi connectivity index (χ3v) is 0.385. The molecule has 0 amide bonds. The molecule has 1 rings (SSSR count). The number of hydrogen-bond donors (Lipinski definition) is 0. The van der Waals surface area contributed by atoms with Crippen molar-refractivity contribution in [1.82, 2.24) is 0 Å². The molecular formula is C2H4O6. The predicted octanol–water partition coefficient (Wildman–Crippen LogP) is -0.325. The Morgan fingerprint density at radius 2 is 1.00 bits per heavy atom. The summed E-state index contributed by atoms with van der Waals surface area (Å²) in [5, 5.41) is 7.89. The Balaban J connectivity index is 2.00. The van der Waals surface area contributed by atoms with Crippen molar-refractivity contribution in [1.29, 1.82) is 0 Å². The third-order valence-electron chi connectivity index (χ3n) is 0.385. The normalized spacial score (nSPS) is 24.0. The minimum absolute atomic E-state index is 0.194. The minimum atomic E-state index is -0.194. The first-order valence-electron chi connectivity index (χ1n) is 1.82. The highest BCUT2D eigenvalue weighted by Gasteiger charge is 1.97. The molecule has 0 aromatic heterocycles. The van der Waals surface area contributed by atoms with Crippen LogP contribution in [0.3, 0.4) is 0 Å². The van der Waals surface area contributed by atoms with Gasteiger partial charge in [-0.3, -0.25) is 0 Å². The van der Waals surface area contributed by atoms with E-state index >= 15 is 0 Å². The Morgan fingerprint density at radius 1 is 0.625 bits per heavy atom. The Morgan fingerprint density at radius 3 is 1.38 bits per heavy atom. The van der Waals surface area contributed by atoms with Crippen molar-refractivity contribution < 1.29 is 29.6 Å². The topological polar surface area (TPSA) is 55.4 Å². The Hall–Kier alpha value is -0.240. The molecule has 0 saturated carbocycles. The van der Waals surface area contributed by atoms with E-state index < -0.39 is 0 Å². The standard InChI is InChI=1S/C2H4O6/c1-3-7-5-2-6-8-4-1/h1-2H2. The van der Waals surface area contributed by atoms with E-state index in [0.717, 1.165) is 0 Å². The first-order chi connectivity index (χ1) is 4.00. The monoisotopic (exact) mass is 124 g/mol. The van der Waals surface area contributed by atoms with E-state index in [2.05, 4.69) is 29.6 Å². The highest BCUT2D eigenvalue weighted by atomic mass is 17.6. The molecule has 0 radical (unpaired) electrons. The van der Waals surface area contributed by atoms with Crippen LogP contribution >= 0.6 is 0 Å². The molecule has 8 heavy (non-hydrogen) atoms. The fraction of sp³-hybridized carbons (Fsp3) is 1.00. The summed E-state index contributed by atoms with van der Waals surface area (Å²) < 4.78 is 0. The van der Waals surface area contributed by atoms with E-state index in [9.17, 15) is 0 Å². The van der Waals surface area contributed by atoms with Gasteiger partial charge in [0.15, 0.2) is 0 Å². The van der Waals surface area contributed by atoms with Gasteiger partial charge in [0.2, 0.25) is 13.6 Å². The highest BCUT2D eigenvalue weighted by molar-refractivity contribution is 3.78. The van der Waals surface area contributed by atoms with Gasteiger partial charge in [0.1, 0.15) is 0 Å². The maximum Gasteiger partial charge on any atom is 0.220 e. The lowest BCUT2D eigenvalue weighted by molar-refractivity contribution is -0.652. The average Bonchev–Trinajstić information content (AvgIpc) is 1.62. The van der Waals surface area contributed by atoms with Gasteiger partial charge in [-0.05, 0) is 0 Å². The molecule has 1 fully saturated rings. The second-order valence-electron chi connectivity index (χ2n) is 0.843. The Bertz CT molecular complexity index is 30.5. The molecule has 0 aliphatic carbocycles. The van der Waals surface area contributed by atoms with Crippen molar-refractivity contribution in [3.8, 4) is 0 Å². The van der Waals surface area contributed by atoms with Crippen molar-refractivity contribution in [2.45, 2.75) is 0 Å². The smallest absolute Gasteiger partial charge is 0.174 e. The van der Waals surface area contributed by atoms with Crippen LogP contribution in [0.4, 0.5) is 0 Å². The van der Waals surface area contributed by atoms with Gasteiger partial charge in [0.25, 0.3) is 0 Å². The van der Waals surface area contributed by atoms with Crippen molar-refractivity contribution in [2.24, 2.45) is 0 Å². The largest absolute Gasteiger partial charge is 0.220 e. The van der Waals surface area contributed by atoms with Crippen molar-refractivity contribution in [2.75, 3.05) is 13.6 Å². The summed E-state index contributed by atoms with van der Waals surface area (Å²) in [6.45, 7) is -0.389. The van der Waals surface area contributed by atoms with Gasteiger partial charge in [-0.2, -0.15) is 19.6 Å². The van der Waals surface area contributed by atoms with Gasteiger partial charge in [0.05, 0.1) is 0 Å². The summed E-state index contributed by atoms with van der Waals surface area (Å²) in [6.07, 6.45) is 0. The first kappa shape index (κ1) is 5.89. The second kappa shape index (κ2) is 3.72. The first-order valence-corrected chi connectivity index (χ1v) is 1.82. The molecule has 6 nitrogen and oxygen atoms in total. The van der Waals surface area contributed by atoms with Crippen LogP contribution in [0, 0.1) is 0 Å². The minimum Gasteiger partial charge on any atom is -0.174 e. The molecule has 1 aliphatic heterocycles. The zero-order valence-corrected chi connectivity index (χ0v) is 3.86. The number of hydrogen-bond acceptors (Lipinski definition) is 6. The molecule has 0 bridgehead atoms. The summed E-state index contributed by atoms with van der Waals surface area (Å²) in [5.74, 6) is 0. The highest BCUT2D eigenvalue weighted by Crippen LogP contribution is 1.90. The molecule has 0 atom stereocenters. The molecule has 1 heterocycles. The van der Waals surface area contributed by atoms with Crippen LogP contribution in [0.15, 0.2) is 0 Å². The molecular weight excluding hydrogens is 120 g/mol. The van der Waals surface area contributed by atoms with Crippen LogP contribution < -0.4 is 0 Å². The number of rotatable bonds is 0. The fourth-order valence-electron chi connectivity index (χ4n) is 0.186. The van der Waals surface area contributed by atoms with Gasteiger partial charge in [-0.15, -0.1) is 0 Å². The molecule has 1 saturated heterocycles. The molecule has 0 spiro atoms. The van der Waals surface area contributed by atoms with Gasteiger partial charge < -0.3 is 0 Å². The maximum absolute atomic E-state index is 4.12. The molecule has 48 valence electrons. The third kappa shape index (κ3) is 2.17. The summed E-state index contributed by atoms with van der Waals surface area (Å²) in [5.41, 5.74) is 0. The molecule has 1 aliphatic rings. The van der Waals surface area contributed by atoms with Gasteiger partial charge in [0, 0.05) is 0 Å². The summed E-state index contributed by atoms with van der Waals surface area (Å²) in [7, 11) is 0. The summed E-state index contributed by atoms with van der Waals surface area (Å²) >= 11 is 0. The van der Waals surface area contributed by atoms with E-state index in [0.29, 0.717) is 0 Å². The zero-order chi connectivity index (χ0) is 5.66. The Kier molecular flexibility index (Phi) is 2.74. The predicted molar refractivity (Wildman–Crippen MR) is 16.2 cm³/mol. The lowest BCUT2D eigenvalue weighted by Gasteiger charge is -2.06. The maximum atomic E-state index is 4.12. The van der Waals surface area contributed by atoms with E-state index in [1.54, 1.807) is 0 Å². The van der Waals surface area contributed by atoms with E-state index in [4.69, 9.17) is 0 Å². The molecule has 0 aromatic carbocycles. The van der Waals surface area contributed by atoms with Crippen molar-refractivity contribution >= 4 is 0 Å². The SMILES string of the molecule is C1OOOCOOO1. The lowest BCUT2D eigenvalue weighted by atomic mass is 11.5. The summed E-state index contributed by atoms with van der Waals surface area (Å²) in [6, 6.07) is 0. The lowest BCUT2D eigenvalue weighted by Crippen LogP contribution is -2.10. The fourth-order valence-corrected chi connectivity index (χ4v) is 0.186. The van der Waals surface area contributed by atoms with E-state index in [1.807, 2.05) is 0 Å². The van der Waals surface area contributed by atoms with Crippen LogP contribution in [0.1, 0.15) is 0 Å². The van der Waals surface area contributed by atoms with Crippen LogP contribution in [-0.2, 0) is 29.6 Å². The molecule has 6 heteroatoms. The van der Waals surface area contributed by atoms with Crippen molar-refractivity contribution in [3.05, 3.63) is 0 Å². The summed E-state index contributed by atoms with van der Waals surface area (Å²) in [4.78, 5) is 16.5. The van der Waals surface area contributed by atoms with Crippen LogP contribution in [0.25, 0.3) is 0 Å². The molecule has 0 unspecified atom stereocenters. The van der Waals surface area contributed by atoms with Crippen LogP contribution in [0.5, 0.6) is 0 Å². The molecule has 0 N–H and O–H groups in total. The van der Waals surface area contributed by atoms with Crippen LogP contribution in [0.2, 0.25) is 0 Å². The van der Waals surface area contributed by atoms with Gasteiger partial charge in [-0.1, -0.05) is 10.1 Å². The quantitative estimate of drug-likeness (QED) is 0.412. The molecule has 0 aromatic rings.